The molecule has 3 bridgehead atoms. The minimum absolute atomic E-state index is 0.0552. The van der Waals surface area contributed by atoms with Crippen LogP contribution in [-0.2, 0) is 14.2 Å². The van der Waals surface area contributed by atoms with E-state index < -0.39 is 23.5 Å². The van der Waals surface area contributed by atoms with E-state index in [-0.39, 0.29) is 18.3 Å². The molecular formula is C10H14O5. The smallest absolute Gasteiger partial charge is 0.198 e. The summed E-state index contributed by atoms with van der Waals surface area (Å²) in [5.74, 6) is -2.36. The van der Waals surface area contributed by atoms with Crippen LogP contribution in [0.2, 0.25) is 0 Å². The standard InChI is InChI=1S/C10H14O5/c1-8-4-9(11)6-2-10(8,12)15-7(14-8)5(6)3-13-9/h5-7,11-12H,2-4H2,1H3/t5-,6-,7+,8+,9-,10-/m1/s1. The lowest BCUT2D eigenvalue weighted by atomic mass is 9.68. The van der Waals surface area contributed by atoms with Crippen LogP contribution >= 0.6 is 0 Å². The van der Waals surface area contributed by atoms with Crippen molar-refractivity contribution in [3.05, 3.63) is 0 Å². The van der Waals surface area contributed by atoms with Gasteiger partial charge in [0.25, 0.3) is 0 Å². The van der Waals surface area contributed by atoms with Crippen molar-refractivity contribution in [1.29, 1.82) is 0 Å². The van der Waals surface area contributed by atoms with Gasteiger partial charge in [0, 0.05) is 24.7 Å². The lowest BCUT2D eigenvalue weighted by Gasteiger charge is -2.49. The van der Waals surface area contributed by atoms with E-state index in [0.717, 1.165) is 0 Å². The zero-order valence-electron chi connectivity index (χ0n) is 8.47. The van der Waals surface area contributed by atoms with Crippen LogP contribution in [0.5, 0.6) is 0 Å². The van der Waals surface area contributed by atoms with E-state index >= 15 is 0 Å². The van der Waals surface area contributed by atoms with Crippen LogP contribution in [0.25, 0.3) is 0 Å². The molecule has 5 heteroatoms. The first kappa shape index (κ1) is 8.90. The average Bonchev–Trinajstić information content (AvgIpc) is 2.49. The Kier molecular flexibility index (Phi) is 1.25. The molecule has 4 aliphatic rings. The molecule has 5 nitrogen and oxygen atoms in total. The van der Waals surface area contributed by atoms with Gasteiger partial charge in [0.2, 0.25) is 0 Å². The monoisotopic (exact) mass is 214 g/mol. The summed E-state index contributed by atoms with van der Waals surface area (Å²) in [5.41, 5.74) is -0.835. The van der Waals surface area contributed by atoms with Crippen molar-refractivity contribution < 1.29 is 24.4 Å². The Balaban J connectivity index is 1.91. The van der Waals surface area contributed by atoms with Gasteiger partial charge in [0.1, 0.15) is 5.60 Å². The Morgan fingerprint density at radius 2 is 2.07 bits per heavy atom. The normalized spacial score (nSPS) is 70.2. The lowest BCUT2D eigenvalue weighted by molar-refractivity contribution is -0.320. The number of fused-ring (bicyclic) bond motifs is 2. The largest absolute Gasteiger partial charge is 0.365 e. The molecule has 1 aliphatic carbocycles. The Bertz CT molecular complexity index is 347. The zero-order chi connectivity index (χ0) is 10.5. The molecule has 0 spiro atoms. The van der Waals surface area contributed by atoms with Gasteiger partial charge in [0.05, 0.1) is 6.61 Å². The first-order valence-electron chi connectivity index (χ1n) is 5.40. The van der Waals surface area contributed by atoms with Crippen LogP contribution in [0, 0.1) is 11.8 Å². The molecule has 0 aromatic heterocycles. The van der Waals surface area contributed by atoms with Crippen molar-refractivity contribution in [1.82, 2.24) is 0 Å². The third kappa shape index (κ3) is 0.775. The fraction of sp³-hybridized carbons (Fsp3) is 1.00. The highest BCUT2D eigenvalue weighted by atomic mass is 16.8. The van der Waals surface area contributed by atoms with Gasteiger partial charge in [-0.25, -0.2) is 0 Å². The van der Waals surface area contributed by atoms with Gasteiger partial charge in [-0.3, -0.25) is 0 Å². The summed E-state index contributed by atoms with van der Waals surface area (Å²) in [6.07, 6.45) is 0.269. The Labute approximate surface area is 86.9 Å². The van der Waals surface area contributed by atoms with E-state index in [1.807, 2.05) is 0 Å². The number of hydrogen-bond donors (Lipinski definition) is 2. The van der Waals surface area contributed by atoms with Gasteiger partial charge in [-0.15, -0.1) is 0 Å². The molecule has 1 saturated carbocycles. The van der Waals surface area contributed by atoms with E-state index in [9.17, 15) is 10.2 Å². The maximum Gasteiger partial charge on any atom is 0.198 e. The summed E-state index contributed by atoms with van der Waals surface area (Å²) in [6, 6.07) is 0. The van der Waals surface area contributed by atoms with Crippen molar-refractivity contribution in [3.63, 3.8) is 0 Å². The van der Waals surface area contributed by atoms with E-state index in [1.54, 1.807) is 6.92 Å². The second-order valence-electron chi connectivity index (χ2n) is 5.43. The summed E-state index contributed by atoms with van der Waals surface area (Å²) in [4.78, 5) is 0. The fourth-order valence-electron chi connectivity index (χ4n) is 3.65. The predicted molar refractivity (Wildman–Crippen MR) is 46.4 cm³/mol. The quantitative estimate of drug-likeness (QED) is 0.572. The molecule has 2 N–H and O–H groups in total. The Hall–Kier alpha value is -0.200. The summed E-state index contributed by atoms with van der Waals surface area (Å²) in [5, 5.41) is 20.7. The first-order chi connectivity index (χ1) is 6.96. The first-order valence-corrected chi connectivity index (χ1v) is 5.40. The van der Waals surface area contributed by atoms with Crippen molar-refractivity contribution in [2.24, 2.45) is 11.8 Å². The summed E-state index contributed by atoms with van der Waals surface area (Å²) < 4.78 is 16.8. The van der Waals surface area contributed by atoms with Gasteiger partial charge in [-0.1, -0.05) is 0 Å². The summed E-state index contributed by atoms with van der Waals surface area (Å²) >= 11 is 0. The molecule has 84 valence electrons. The number of ether oxygens (including phenoxy) is 3. The molecule has 0 unspecified atom stereocenters. The Morgan fingerprint density at radius 3 is 2.87 bits per heavy atom. The summed E-state index contributed by atoms with van der Waals surface area (Å²) in [7, 11) is 0. The molecule has 0 amide bonds. The third-order valence-electron chi connectivity index (χ3n) is 4.57. The molecular weight excluding hydrogens is 200 g/mol. The second-order valence-corrected chi connectivity index (χ2v) is 5.43. The molecule has 15 heavy (non-hydrogen) atoms. The highest BCUT2D eigenvalue weighted by Gasteiger charge is 2.75. The molecule has 6 atom stereocenters. The third-order valence-corrected chi connectivity index (χ3v) is 4.57. The maximum atomic E-state index is 10.3. The molecule has 0 aromatic rings. The molecule has 0 radical (unpaired) electrons. The summed E-state index contributed by atoms with van der Waals surface area (Å²) in [6.45, 7) is 2.24. The van der Waals surface area contributed by atoms with Crippen LogP contribution in [0.3, 0.4) is 0 Å². The van der Waals surface area contributed by atoms with Crippen molar-refractivity contribution in [2.45, 2.75) is 43.2 Å². The predicted octanol–water partition coefficient (Wildman–Crippen LogP) is -0.435. The minimum Gasteiger partial charge on any atom is -0.365 e. The average molecular weight is 214 g/mol. The Morgan fingerprint density at radius 1 is 1.27 bits per heavy atom. The molecule has 3 aliphatic heterocycles. The van der Waals surface area contributed by atoms with Gasteiger partial charge in [-0.05, 0) is 6.92 Å². The molecule has 4 fully saturated rings. The van der Waals surface area contributed by atoms with E-state index in [0.29, 0.717) is 13.0 Å². The number of rotatable bonds is 0. The van der Waals surface area contributed by atoms with E-state index in [1.165, 1.54) is 0 Å². The van der Waals surface area contributed by atoms with Crippen LogP contribution in [-0.4, -0.2) is 40.3 Å². The highest BCUT2D eigenvalue weighted by molar-refractivity contribution is 5.14. The number of hydrogen-bond acceptors (Lipinski definition) is 5. The van der Waals surface area contributed by atoms with E-state index in [2.05, 4.69) is 0 Å². The fourth-order valence-corrected chi connectivity index (χ4v) is 3.65. The van der Waals surface area contributed by atoms with Crippen LogP contribution in [0.15, 0.2) is 0 Å². The van der Waals surface area contributed by atoms with Gasteiger partial charge in [0.15, 0.2) is 17.9 Å². The van der Waals surface area contributed by atoms with E-state index in [4.69, 9.17) is 14.2 Å². The van der Waals surface area contributed by atoms with Crippen molar-refractivity contribution in [2.75, 3.05) is 6.61 Å². The number of aliphatic hydroxyl groups is 2. The van der Waals surface area contributed by atoms with Crippen molar-refractivity contribution in [3.8, 4) is 0 Å². The molecule has 3 heterocycles. The zero-order valence-corrected chi connectivity index (χ0v) is 8.47. The van der Waals surface area contributed by atoms with Gasteiger partial charge < -0.3 is 24.4 Å². The lowest BCUT2D eigenvalue weighted by Crippen LogP contribution is -2.63. The van der Waals surface area contributed by atoms with Crippen LogP contribution < -0.4 is 0 Å². The maximum absolute atomic E-state index is 10.3. The second kappa shape index (κ2) is 2.10. The van der Waals surface area contributed by atoms with Gasteiger partial charge >= 0.3 is 0 Å². The minimum atomic E-state index is -1.24. The van der Waals surface area contributed by atoms with Crippen LogP contribution in [0.1, 0.15) is 19.8 Å². The molecule has 4 rings (SSSR count). The topological polar surface area (TPSA) is 68.2 Å². The highest BCUT2D eigenvalue weighted by Crippen LogP contribution is 2.63. The molecule has 0 aromatic carbocycles. The SMILES string of the molecule is C[C@]12C[C@@]3(O)OC[C@H]4[C@H](O[C@]1(O)C[C@H]43)O2. The molecule has 3 saturated heterocycles. The van der Waals surface area contributed by atoms with Crippen molar-refractivity contribution >= 4 is 0 Å². The van der Waals surface area contributed by atoms with Gasteiger partial charge in [-0.2, -0.15) is 0 Å². The van der Waals surface area contributed by atoms with Crippen LogP contribution in [0.4, 0.5) is 0 Å².